The third-order valence-corrected chi connectivity index (χ3v) is 2.80. The van der Waals surface area contributed by atoms with E-state index in [2.05, 4.69) is 38.3 Å². The van der Waals surface area contributed by atoms with Crippen molar-refractivity contribution in [1.82, 2.24) is 10.6 Å². The quantitative estimate of drug-likeness (QED) is 0.643. The van der Waals surface area contributed by atoms with Crippen LogP contribution in [-0.2, 0) is 4.79 Å². The number of unbranched alkanes of at least 4 members (excludes halogenated alkanes) is 2. The summed E-state index contributed by atoms with van der Waals surface area (Å²) in [5.74, 6) is 0.120. The lowest BCUT2D eigenvalue weighted by Gasteiger charge is -2.20. The van der Waals surface area contributed by atoms with E-state index in [-0.39, 0.29) is 11.9 Å². The number of rotatable bonds is 8. The summed E-state index contributed by atoms with van der Waals surface area (Å²) in [7, 11) is 0. The van der Waals surface area contributed by atoms with Crippen LogP contribution < -0.4 is 10.6 Å². The van der Waals surface area contributed by atoms with Gasteiger partial charge in [-0.3, -0.25) is 4.79 Å². The molecule has 0 fully saturated rings. The standard InChI is InChI=1S/C14H30N2O/c1-6-7-8-10-16-13(17)12(2)15-11-9-14(3,4)5/h12,15H,6-11H2,1-5H3,(H,16,17). The molecule has 0 saturated heterocycles. The second-order valence-corrected chi connectivity index (χ2v) is 5.98. The Labute approximate surface area is 107 Å². The van der Waals surface area contributed by atoms with Gasteiger partial charge >= 0.3 is 0 Å². The number of hydrogen-bond acceptors (Lipinski definition) is 2. The zero-order chi connectivity index (χ0) is 13.3. The molecular weight excluding hydrogens is 212 g/mol. The highest BCUT2D eigenvalue weighted by Gasteiger charge is 2.14. The van der Waals surface area contributed by atoms with Crippen LogP contribution in [0.3, 0.4) is 0 Å². The molecule has 1 unspecified atom stereocenters. The molecule has 0 aromatic rings. The summed E-state index contributed by atoms with van der Waals surface area (Å²) in [6.07, 6.45) is 4.54. The molecule has 0 spiro atoms. The average molecular weight is 242 g/mol. The van der Waals surface area contributed by atoms with Gasteiger partial charge in [-0.1, -0.05) is 40.5 Å². The highest BCUT2D eigenvalue weighted by molar-refractivity contribution is 5.81. The summed E-state index contributed by atoms with van der Waals surface area (Å²) in [4.78, 5) is 11.7. The van der Waals surface area contributed by atoms with E-state index in [9.17, 15) is 4.79 Å². The Kier molecular flexibility index (Phi) is 8.23. The smallest absolute Gasteiger partial charge is 0.236 e. The van der Waals surface area contributed by atoms with Crippen LogP contribution in [0.15, 0.2) is 0 Å². The molecule has 3 heteroatoms. The fourth-order valence-electron chi connectivity index (χ4n) is 1.50. The van der Waals surface area contributed by atoms with Crippen molar-refractivity contribution in [1.29, 1.82) is 0 Å². The second-order valence-electron chi connectivity index (χ2n) is 5.98. The Morgan fingerprint density at radius 1 is 1.18 bits per heavy atom. The molecule has 0 radical (unpaired) electrons. The van der Waals surface area contributed by atoms with E-state index < -0.39 is 0 Å². The molecular formula is C14H30N2O. The number of carbonyl (C=O) groups excluding carboxylic acids is 1. The van der Waals surface area contributed by atoms with Crippen LogP contribution in [-0.4, -0.2) is 25.0 Å². The first kappa shape index (κ1) is 16.4. The van der Waals surface area contributed by atoms with Crippen molar-refractivity contribution in [2.45, 2.75) is 66.3 Å². The average Bonchev–Trinajstić information content (AvgIpc) is 2.22. The molecule has 0 aromatic heterocycles. The molecule has 3 nitrogen and oxygen atoms in total. The normalized spacial score (nSPS) is 13.5. The Morgan fingerprint density at radius 3 is 2.35 bits per heavy atom. The maximum absolute atomic E-state index is 11.7. The molecule has 0 saturated carbocycles. The molecule has 17 heavy (non-hydrogen) atoms. The molecule has 0 aliphatic rings. The summed E-state index contributed by atoms with van der Waals surface area (Å²) in [6.45, 7) is 12.4. The van der Waals surface area contributed by atoms with Crippen LogP contribution in [0, 0.1) is 5.41 Å². The number of amides is 1. The lowest BCUT2D eigenvalue weighted by Crippen LogP contribution is -2.43. The highest BCUT2D eigenvalue weighted by Crippen LogP contribution is 2.16. The Hall–Kier alpha value is -0.570. The Bertz CT molecular complexity index is 209. The van der Waals surface area contributed by atoms with Crippen LogP contribution in [0.1, 0.15) is 60.3 Å². The molecule has 0 bridgehead atoms. The van der Waals surface area contributed by atoms with E-state index in [0.717, 1.165) is 25.9 Å². The van der Waals surface area contributed by atoms with Crippen molar-refractivity contribution in [3.63, 3.8) is 0 Å². The Morgan fingerprint density at radius 2 is 1.82 bits per heavy atom. The zero-order valence-corrected chi connectivity index (χ0v) is 12.2. The second kappa shape index (κ2) is 8.51. The third kappa shape index (κ3) is 10.3. The van der Waals surface area contributed by atoms with Crippen LogP contribution in [0.2, 0.25) is 0 Å². The minimum Gasteiger partial charge on any atom is -0.355 e. The van der Waals surface area contributed by atoms with E-state index in [1.165, 1.54) is 12.8 Å². The number of carbonyl (C=O) groups is 1. The molecule has 2 N–H and O–H groups in total. The fraction of sp³-hybridized carbons (Fsp3) is 0.929. The van der Waals surface area contributed by atoms with Gasteiger partial charge in [0.1, 0.15) is 0 Å². The van der Waals surface area contributed by atoms with Gasteiger partial charge in [0.05, 0.1) is 6.04 Å². The molecule has 0 heterocycles. The van der Waals surface area contributed by atoms with Crippen molar-refractivity contribution in [3.05, 3.63) is 0 Å². The molecule has 0 aromatic carbocycles. The first-order valence-electron chi connectivity index (χ1n) is 6.88. The van der Waals surface area contributed by atoms with Gasteiger partial charge in [-0.25, -0.2) is 0 Å². The van der Waals surface area contributed by atoms with Crippen LogP contribution in [0.5, 0.6) is 0 Å². The zero-order valence-electron chi connectivity index (χ0n) is 12.2. The Balaban J connectivity index is 3.60. The van der Waals surface area contributed by atoms with Crippen molar-refractivity contribution in [2.75, 3.05) is 13.1 Å². The summed E-state index contributed by atoms with van der Waals surface area (Å²) in [6, 6.07) is -0.0843. The lowest BCUT2D eigenvalue weighted by molar-refractivity contribution is -0.122. The molecule has 0 aliphatic heterocycles. The van der Waals surface area contributed by atoms with Crippen molar-refractivity contribution in [2.24, 2.45) is 5.41 Å². The summed E-state index contributed by atoms with van der Waals surface area (Å²) >= 11 is 0. The van der Waals surface area contributed by atoms with E-state index >= 15 is 0 Å². The van der Waals surface area contributed by atoms with Crippen LogP contribution in [0.4, 0.5) is 0 Å². The van der Waals surface area contributed by atoms with Gasteiger partial charge in [-0.15, -0.1) is 0 Å². The topological polar surface area (TPSA) is 41.1 Å². The summed E-state index contributed by atoms with van der Waals surface area (Å²) in [5, 5.41) is 6.23. The van der Waals surface area contributed by atoms with Gasteiger partial charge in [0.2, 0.25) is 5.91 Å². The minimum absolute atomic E-state index is 0.0843. The first-order valence-corrected chi connectivity index (χ1v) is 6.88. The van der Waals surface area contributed by atoms with Gasteiger partial charge in [-0.2, -0.15) is 0 Å². The predicted molar refractivity (Wildman–Crippen MR) is 74.1 cm³/mol. The van der Waals surface area contributed by atoms with Gasteiger partial charge in [0, 0.05) is 6.54 Å². The van der Waals surface area contributed by atoms with Crippen molar-refractivity contribution < 1.29 is 4.79 Å². The van der Waals surface area contributed by atoms with Crippen LogP contribution in [0.25, 0.3) is 0 Å². The minimum atomic E-state index is -0.0843. The first-order chi connectivity index (χ1) is 7.87. The maximum atomic E-state index is 11.7. The van der Waals surface area contributed by atoms with E-state index in [0.29, 0.717) is 5.41 Å². The lowest BCUT2D eigenvalue weighted by atomic mass is 9.92. The van der Waals surface area contributed by atoms with Gasteiger partial charge in [0.15, 0.2) is 0 Å². The SMILES string of the molecule is CCCCCNC(=O)C(C)NCCC(C)(C)C. The van der Waals surface area contributed by atoms with Gasteiger partial charge in [0.25, 0.3) is 0 Å². The fourth-order valence-corrected chi connectivity index (χ4v) is 1.50. The summed E-state index contributed by atoms with van der Waals surface area (Å²) < 4.78 is 0. The van der Waals surface area contributed by atoms with E-state index in [1.807, 2.05) is 6.92 Å². The van der Waals surface area contributed by atoms with Gasteiger partial charge < -0.3 is 10.6 Å². The predicted octanol–water partition coefficient (Wildman–Crippen LogP) is 2.71. The monoisotopic (exact) mass is 242 g/mol. The molecule has 0 aliphatic carbocycles. The van der Waals surface area contributed by atoms with Crippen molar-refractivity contribution in [3.8, 4) is 0 Å². The number of nitrogens with one attached hydrogen (secondary N) is 2. The largest absolute Gasteiger partial charge is 0.355 e. The maximum Gasteiger partial charge on any atom is 0.236 e. The van der Waals surface area contributed by atoms with Crippen LogP contribution >= 0.6 is 0 Å². The van der Waals surface area contributed by atoms with E-state index in [1.54, 1.807) is 0 Å². The molecule has 0 rings (SSSR count). The third-order valence-electron chi connectivity index (χ3n) is 2.80. The highest BCUT2D eigenvalue weighted by atomic mass is 16.2. The molecule has 102 valence electrons. The molecule has 1 amide bonds. The number of hydrogen-bond donors (Lipinski definition) is 2. The van der Waals surface area contributed by atoms with E-state index in [4.69, 9.17) is 0 Å². The summed E-state index contributed by atoms with van der Waals surface area (Å²) in [5.41, 5.74) is 0.324. The molecule has 1 atom stereocenters. The van der Waals surface area contributed by atoms with Gasteiger partial charge in [-0.05, 0) is 31.7 Å². The van der Waals surface area contributed by atoms with Crippen molar-refractivity contribution >= 4 is 5.91 Å².